The van der Waals surface area contributed by atoms with Crippen molar-refractivity contribution in [2.45, 2.75) is 13.3 Å². The molecule has 0 atom stereocenters. The fourth-order valence-electron chi connectivity index (χ4n) is 2.81. The predicted molar refractivity (Wildman–Crippen MR) is 94.6 cm³/mol. The lowest BCUT2D eigenvalue weighted by Gasteiger charge is -2.13. The zero-order valence-electron chi connectivity index (χ0n) is 12.9. The van der Waals surface area contributed by atoms with Crippen LogP contribution in [0.25, 0.3) is 11.3 Å². The molecule has 2 aromatic carbocycles. The second kappa shape index (κ2) is 5.76. The smallest absolute Gasteiger partial charge is 0.143 e. The van der Waals surface area contributed by atoms with Crippen LogP contribution >= 0.6 is 11.6 Å². The van der Waals surface area contributed by atoms with Crippen molar-refractivity contribution in [1.82, 2.24) is 10.2 Å². The summed E-state index contributed by atoms with van der Waals surface area (Å²) >= 11 is 6.21. The normalized spacial score (nSPS) is 12.7. The largest absolute Gasteiger partial charge is 0.339 e. The summed E-state index contributed by atoms with van der Waals surface area (Å²) in [7, 11) is 0. The third kappa shape index (κ3) is 2.37. The first-order valence-electron chi connectivity index (χ1n) is 7.64. The molecule has 24 heavy (non-hydrogen) atoms. The molecular formula is C18H14ClFN4. The number of aromatic amines is 1. The van der Waals surface area contributed by atoms with Crippen LogP contribution in [0.3, 0.4) is 0 Å². The highest BCUT2D eigenvalue weighted by Gasteiger charge is 2.22. The summed E-state index contributed by atoms with van der Waals surface area (Å²) in [5, 5.41) is 10.6. The van der Waals surface area contributed by atoms with Crippen LogP contribution in [-0.2, 0) is 6.42 Å². The highest BCUT2D eigenvalue weighted by molar-refractivity contribution is 6.35. The number of hydrogen-bond donors (Lipinski definition) is 2. The number of nitrogens with one attached hydrogen (secondary N) is 2. The Balaban J connectivity index is 1.94. The number of anilines is 1. The number of fused-ring (bicyclic) bond motifs is 3. The van der Waals surface area contributed by atoms with E-state index in [9.17, 15) is 4.39 Å². The molecule has 0 spiro atoms. The van der Waals surface area contributed by atoms with Gasteiger partial charge in [0.15, 0.2) is 0 Å². The first kappa shape index (κ1) is 14.9. The van der Waals surface area contributed by atoms with Crippen LogP contribution in [0.4, 0.5) is 15.8 Å². The molecule has 0 aliphatic carbocycles. The minimum atomic E-state index is -0.424. The van der Waals surface area contributed by atoms with Crippen molar-refractivity contribution in [3.63, 3.8) is 0 Å². The number of aliphatic imine (C=N–C) groups is 1. The van der Waals surface area contributed by atoms with E-state index in [2.05, 4.69) is 33.5 Å². The van der Waals surface area contributed by atoms with Gasteiger partial charge in [-0.25, -0.2) is 9.38 Å². The molecule has 0 saturated heterocycles. The van der Waals surface area contributed by atoms with E-state index in [1.165, 1.54) is 11.6 Å². The van der Waals surface area contributed by atoms with Gasteiger partial charge in [-0.2, -0.15) is 5.10 Å². The van der Waals surface area contributed by atoms with Crippen LogP contribution < -0.4 is 5.32 Å². The number of rotatable bonds is 2. The minimum Gasteiger partial charge on any atom is -0.339 e. The van der Waals surface area contributed by atoms with Crippen LogP contribution in [0, 0.1) is 5.82 Å². The Bertz CT molecular complexity index is 941. The minimum absolute atomic E-state index is 0.249. The molecule has 1 aromatic heterocycles. The van der Waals surface area contributed by atoms with Crippen molar-refractivity contribution >= 4 is 28.8 Å². The Labute approximate surface area is 143 Å². The molecule has 0 amide bonds. The third-order valence-electron chi connectivity index (χ3n) is 4.07. The van der Waals surface area contributed by atoms with E-state index in [-0.39, 0.29) is 5.56 Å². The molecule has 4 nitrogen and oxygen atoms in total. The first-order valence-corrected chi connectivity index (χ1v) is 8.02. The molecule has 120 valence electrons. The predicted octanol–water partition coefficient (Wildman–Crippen LogP) is 4.94. The molecule has 3 aromatic rings. The van der Waals surface area contributed by atoms with E-state index in [1.807, 2.05) is 12.1 Å². The van der Waals surface area contributed by atoms with Gasteiger partial charge in [0.1, 0.15) is 17.3 Å². The van der Waals surface area contributed by atoms with Gasteiger partial charge in [0, 0.05) is 11.3 Å². The summed E-state index contributed by atoms with van der Waals surface area (Å²) in [4.78, 5) is 4.55. The molecule has 1 aliphatic heterocycles. The van der Waals surface area contributed by atoms with Crippen LogP contribution in [0.5, 0.6) is 0 Å². The maximum Gasteiger partial charge on any atom is 0.143 e. The van der Waals surface area contributed by atoms with Gasteiger partial charge in [0.05, 0.1) is 22.5 Å². The Hall–Kier alpha value is -2.66. The third-order valence-corrected chi connectivity index (χ3v) is 4.38. The topological polar surface area (TPSA) is 53.1 Å². The molecule has 0 bridgehead atoms. The maximum absolute atomic E-state index is 14.3. The van der Waals surface area contributed by atoms with E-state index in [4.69, 9.17) is 11.6 Å². The zero-order valence-corrected chi connectivity index (χ0v) is 13.7. The van der Waals surface area contributed by atoms with E-state index in [1.54, 1.807) is 18.3 Å². The van der Waals surface area contributed by atoms with Gasteiger partial charge in [-0.3, -0.25) is 5.10 Å². The molecule has 4 rings (SSSR count). The molecule has 0 unspecified atom stereocenters. The van der Waals surface area contributed by atoms with Gasteiger partial charge >= 0.3 is 0 Å². The van der Waals surface area contributed by atoms with E-state index >= 15 is 0 Å². The fourth-order valence-corrected chi connectivity index (χ4v) is 3.06. The molecule has 0 radical (unpaired) electrons. The van der Waals surface area contributed by atoms with Crippen LogP contribution in [0.1, 0.15) is 18.1 Å². The van der Waals surface area contributed by atoms with Gasteiger partial charge in [0.25, 0.3) is 0 Å². The Morgan fingerprint density at radius 2 is 2.08 bits per heavy atom. The number of nitrogens with zero attached hydrogens (tertiary/aromatic N) is 2. The number of halogens is 2. The number of aryl methyl sites for hydroxylation is 1. The van der Waals surface area contributed by atoms with Gasteiger partial charge < -0.3 is 5.32 Å². The lowest BCUT2D eigenvalue weighted by Crippen LogP contribution is -2.15. The first-order chi connectivity index (χ1) is 11.7. The Morgan fingerprint density at radius 1 is 1.21 bits per heavy atom. The summed E-state index contributed by atoms with van der Waals surface area (Å²) in [5.74, 6) is -0.0591. The Kier molecular flexibility index (Phi) is 3.58. The van der Waals surface area contributed by atoms with Gasteiger partial charge in [-0.15, -0.1) is 0 Å². The molecule has 0 fully saturated rings. The van der Waals surface area contributed by atoms with Crippen molar-refractivity contribution in [2.75, 3.05) is 5.32 Å². The van der Waals surface area contributed by atoms with Crippen molar-refractivity contribution in [3.05, 3.63) is 64.6 Å². The van der Waals surface area contributed by atoms with Gasteiger partial charge in [-0.1, -0.05) is 30.7 Å². The van der Waals surface area contributed by atoms with E-state index in [0.717, 1.165) is 23.4 Å². The van der Waals surface area contributed by atoms with Crippen molar-refractivity contribution in [1.29, 1.82) is 0 Å². The van der Waals surface area contributed by atoms with Crippen molar-refractivity contribution in [3.8, 4) is 11.3 Å². The second-order valence-electron chi connectivity index (χ2n) is 5.55. The number of hydrogen-bond acceptors (Lipinski definition) is 3. The molecule has 2 heterocycles. The summed E-state index contributed by atoms with van der Waals surface area (Å²) in [6, 6.07) is 10.7. The fraction of sp³-hybridized carbons (Fsp3) is 0.111. The van der Waals surface area contributed by atoms with E-state index in [0.29, 0.717) is 16.5 Å². The van der Waals surface area contributed by atoms with E-state index < -0.39 is 5.82 Å². The summed E-state index contributed by atoms with van der Waals surface area (Å²) in [6.07, 6.45) is 2.54. The number of aromatic nitrogens is 2. The maximum atomic E-state index is 14.3. The standard InChI is InChI=1S/C18H14ClFN4/c1-2-10-6-7-14-11(8-10)17-15(9-21-24-17)23-18(22-14)16-12(19)4-3-5-13(16)20/h3-9H,2H2,1H3,(H,21,24)(H,22,23). The van der Waals surface area contributed by atoms with Gasteiger partial charge in [-0.05, 0) is 36.2 Å². The van der Waals surface area contributed by atoms with Crippen LogP contribution in [-0.4, -0.2) is 16.0 Å². The van der Waals surface area contributed by atoms with Gasteiger partial charge in [0.2, 0.25) is 0 Å². The lowest BCUT2D eigenvalue weighted by atomic mass is 10.0. The summed E-state index contributed by atoms with van der Waals surface area (Å²) in [5.41, 5.74) is 4.67. The SMILES string of the molecule is CCc1ccc2c(c1)-c1[nH]ncc1N=C(c1c(F)cccc1Cl)N2. The average molecular weight is 341 g/mol. The average Bonchev–Trinajstić information content (AvgIpc) is 2.97. The zero-order chi connectivity index (χ0) is 16.7. The summed E-state index contributed by atoms with van der Waals surface area (Å²) in [6.45, 7) is 2.10. The number of H-pyrrole nitrogens is 1. The molecule has 6 heteroatoms. The molecule has 0 saturated carbocycles. The molecular weight excluding hydrogens is 327 g/mol. The lowest BCUT2D eigenvalue weighted by molar-refractivity contribution is 0.625. The van der Waals surface area contributed by atoms with Crippen molar-refractivity contribution in [2.24, 2.45) is 4.99 Å². The highest BCUT2D eigenvalue weighted by Crippen LogP contribution is 2.38. The summed E-state index contributed by atoms with van der Waals surface area (Å²) < 4.78 is 14.3. The van der Waals surface area contributed by atoms with Crippen LogP contribution in [0.15, 0.2) is 47.6 Å². The second-order valence-corrected chi connectivity index (χ2v) is 5.95. The number of amidine groups is 1. The molecule has 1 aliphatic rings. The van der Waals surface area contributed by atoms with Crippen molar-refractivity contribution < 1.29 is 4.39 Å². The Morgan fingerprint density at radius 3 is 2.88 bits per heavy atom. The quantitative estimate of drug-likeness (QED) is 0.694. The molecule has 2 N–H and O–H groups in total. The van der Waals surface area contributed by atoms with Crippen LogP contribution in [0.2, 0.25) is 5.02 Å². The highest BCUT2D eigenvalue weighted by atomic mass is 35.5. The number of benzene rings is 2. The monoisotopic (exact) mass is 340 g/mol.